The first-order chi connectivity index (χ1) is 10.1. The molecule has 0 aliphatic carbocycles. The lowest BCUT2D eigenvalue weighted by Crippen LogP contribution is -2.39. The second kappa shape index (κ2) is 6.02. The van der Waals surface area contributed by atoms with Crippen LogP contribution in [0.5, 0.6) is 0 Å². The summed E-state index contributed by atoms with van der Waals surface area (Å²) in [5, 5.41) is 7.04. The zero-order valence-electron chi connectivity index (χ0n) is 12.0. The van der Waals surface area contributed by atoms with Crippen LogP contribution in [0.15, 0.2) is 34.9 Å². The molecule has 1 aromatic heterocycles. The van der Waals surface area contributed by atoms with Crippen molar-refractivity contribution < 1.29 is 4.79 Å². The predicted octanol–water partition coefficient (Wildman–Crippen LogP) is 3.50. The molecular weight excluding hydrogens is 330 g/mol. The Morgan fingerprint density at radius 1 is 1.43 bits per heavy atom. The van der Waals surface area contributed by atoms with Crippen molar-refractivity contribution in [1.82, 2.24) is 15.1 Å². The summed E-state index contributed by atoms with van der Waals surface area (Å²) >= 11 is 3.50. The number of halogens is 1. The van der Waals surface area contributed by atoms with Gasteiger partial charge in [-0.2, -0.15) is 5.10 Å². The fraction of sp³-hybridized carbons (Fsp3) is 0.375. The van der Waals surface area contributed by atoms with E-state index >= 15 is 0 Å². The number of carbonyl (C=O) groups excluding carboxylic acids is 1. The number of nitrogens with zero attached hydrogens (tertiary/aromatic N) is 2. The van der Waals surface area contributed by atoms with Crippen molar-refractivity contribution in [3.8, 4) is 0 Å². The molecule has 4 nitrogen and oxygen atoms in total. The highest BCUT2D eigenvalue weighted by Crippen LogP contribution is 2.27. The maximum Gasteiger partial charge on any atom is 0.253 e. The van der Waals surface area contributed by atoms with Crippen LogP contribution in [-0.4, -0.2) is 34.1 Å². The molecular formula is C16H18BrN3O. The number of carbonyl (C=O) groups is 1. The zero-order valence-corrected chi connectivity index (χ0v) is 13.6. The van der Waals surface area contributed by atoms with Crippen molar-refractivity contribution in [3.05, 3.63) is 51.8 Å². The first-order valence-electron chi connectivity index (χ1n) is 7.20. The standard InChI is InChI=1S/C16H18BrN3O/c1-11-4-5-12(9-14(11)17)16(21)20-8-2-3-13(10-20)15-6-7-18-19-15/h4-7,9,13H,2-3,8,10H2,1H3,(H,18,19). The normalized spacial score (nSPS) is 18.8. The lowest BCUT2D eigenvalue weighted by atomic mass is 9.94. The third-order valence-electron chi connectivity index (χ3n) is 4.09. The number of rotatable bonds is 2. The highest BCUT2D eigenvalue weighted by molar-refractivity contribution is 9.10. The molecule has 1 aliphatic heterocycles. The van der Waals surface area contributed by atoms with Crippen LogP contribution in [0.4, 0.5) is 0 Å². The summed E-state index contributed by atoms with van der Waals surface area (Å²) in [7, 11) is 0. The van der Waals surface area contributed by atoms with Crippen LogP contribution in [0.2, 0.25) is 0 Å². The van der Waals surface area contributed by atoms with Gasteiger partial charge in [-0.05, 0) is 43.5 Å². The number of nitrogens with one attached hydrogen (secondary N) is 1. The first-order valence-corrected chi connectivity index (χ1v) is 7.99. The summed E-state index contributed by atoms with van der Waals surface area (Å²) in [5.41, 5.74) is 3.01. The Hall–Kier alpha value is -1.62. The molecule has 0 saturated carbocycles. The van der Waals surface area contributed by atoms with Crippen LogP contribution in [0.25, 0.3) is 0 Å². The topological polar surface area (TPSA) is 49.0 Å². The van der Waals surface area contributed by atoms with Crippen molar-refractivity contribution in [2.45, 2.75) is 25.7 Å². The molecule has 1 aromatic carbocycles. The minimum absolute atomic E-state index is 0.111. The Morgan fingerprint density at radius 2 is 2.29 bits per heavy atom. The predicted molar refractivity (Wildman–Crippen MR) is 85.3 cm³/mol. The van der Waals surface area contributed by atoms with Gasteiger partial charge in [-0.3, -0.25) is 9.89 Å². The van der Waals surface area contributed by atoms with Crippen LogP contribution in [0.1, 0.15) is 40.4 Å². The van der Waals surface area contributed by atoms with Crippen molar-refractivity contribution in [1.29, 1.82) is 0 Å². The third kappa shape index (κ3) is 3.02. The molecule has 1 saturated heterocycles. The number of H-pyrrole nitrogens is 1. The molecule has 1 atom stereocenters. The minimum atomic E-state index is 0.111. The fourth-order valence-electron chi connectivity index (χ4n) is 2.82. The molecule has 21 heavy (non-hydrogen) atoms. The average Bonchev–Trinajstić information content (AvgIpc) is 3.04. The van der Waals surface area contributed by atoms with Gasteiger partial charge >= 0.3 is 0 Å². The first kappa shape index (κ1) is 14.3. The highest BCUT2D eigenvalue weighted by atomic mass is 79.9. The molecule has 1 aliphatic rings. The Labute approximate surface area is 132 Å². The molecule has 110 valence electrons. The van der Waals surface area contributed by atoms with E-state index in [0.717, 1.165) is 47.2 Å². The Morgan fingerprint density at radius 3 is 3.00 bits per heavy atom. The number of aromatic amines is 1. The smallest absolute Gasteiger partial charge is 0.253 e. The Bertz CT molecular complexity index is 639. The lowest BCUT2D eigenvalue weighted by Gasteiger charge is -2.32. The van der Waals surface area contributed by atoms with Gasteiger partial charge in [0.1, 0.15) is 0 Å². The van der Waals surface area contributed by atoms with Crippen molar-refractivity contribution in [3.63, 3.8) is 0 Å². The van der Waals surface area contributed by atoms with E-state index in [1.54, 1.807) is 6.20 Å². The van der Waals surface area contributed by atoms with E-state index in [2.05, 4.69) is 26.1 Å². The number of hydrogen-bond donors (Lipinski definition) is 1. The molecule has 0 spiro atoms. The van der Waals surface area contributed by atoms with Gasteiger partial charge in [-0.1, -0.05) is 22.0 Å². The summed E-state index contributed by atoms with van der Waals surface area (Å²) in [6.07, 6.45) is 3.90. The Balaban J connectivity index is 1.76. The van der Waals surface area contributed by atoms with E-state index < -0.39 is 0 Å². The van der Waals surface area contributed by atoms with Gasteiger partial charge in [0.05, 0.1) is 0 Å². The number of likely N-dealkylation sites (tertiary alicyclic amines) is 1. The number of benzene rings is 1. The quantitative estimate of drug-likeness (QED) is 0.903. The zero-order chi connectivity index (χ0) is 14.8. The van der Waals surface area contributed by atoms with E-state index in [9.17, 15) is 4.79 Å². The van der Waals surface area contributed by atoms with Gasteiger partial charge in [0, 0.05) is 40.9 Å². The number of amides is 1. The Kier molecular flexibility index (Phi) is 4.10. The highest BCUT2D eigenvalue weighted by Gasteiger charge is 2.26. The van der Waals surface area contributed by atoms with Crippen LogP contribution in [0.3, 0.4) is 0 Å². The van der Waals surface area contributed by atoms with E-state index in [4.69, 9.17) is 0 Å². The molecule has 5 heteroatoms. The molecule has 1 unspecified atom stereocenters. The molecule has 1 amide bonds. The van der Waals surface area contributed by atoms with E-state index in [-0.39, 0.29) is 5.91 Å². The summed E-state index contributed by atoms with van der Waals surface area (Å²) in [6, 6.07) is 7.80. The summed E-state index contributed by atoms with van der Waals surface area (Å²) < 4.78 is 0.982. The molecule has 0 radical (unpaired) electrons. The lowest BCUT2D eigenvalue weighted by molar-refractivity contribution is 0.0706. The number of piperidine rings is 1. The maximum atomic E-state index is 12.7. The van der Waals surface area contributed by atoms with Crippen molar-refractivity contribution in [2.75, 3.05) is 13.1 Å². The molecule has 2 aromatic rings. The van der Waals surface area contributed by atoms with Crippen LogP contribution in [-0.2, 0) is 0 Å². The molecule has 1 fully saturated rings. The van der Waals surface area contributed by atoms with Crippen LogP contribution in [0, 0.1) is 6.92 Å². The van der Waals surface area contributed by atoms with Gasteiger partial charge in [0.2, 0.25) is 0 Å². The largest absolute Gasteiger partial charge is 0.338 e. The van der Waals surface area contributed by atoms with E-state index in [0.29, 0.717) is 5.92 Å². The van der Waals surface area contributed by atoms with Crippen molar-refractivity contribution in [2.24, 2.45) is 0 Å². The SMILES string of the molecule is Cc1ccc(C(=O)N2CCCC(c3ccn[nH]3)C2)cc1Br. The van der Waals surface area contributed by atoms with Crippen LogP contribution >= 0.6 is 15.9 Å². The average molecular weight is 348 g/mol. The maximum absolute atomic E-state index is 12.7. The monoisotopic (exact) mass is 347 g/mol. The molecule has 0 bridgehead atoms. The van der Waals surface area contributed by atoms with E-state index in [1.165, 1.54) is 0 Å². The molecule has 1 N–H and O–H groups in total. The van der Waals surface area contributed by atoms with Gasteiger partial charge in [-0.25, -0.2) is 0 Å². The fourth-order valence-corrected chi connectivity index (χ4v) is 3.20. The second-order valence-corrected chi connectivity index (χ2v) is 6.42. The van der Waals surface area contributed by atoms with Gasteiger partial charge in [-0.15, -0.1) is 0 Å². The number of aryl methyl sites for hydroxylation is 1. The van der Waals surface area contributed by atoms with Crippen molar-refractivity contribution >= 4 is 21.8 Å². The van der Waals surface area contributed by atoms with Gasteiger partial charge < -0.3 is 4.90 Å². The van der Waals surface area contributed by atoms with Gasteiger partial charge in [0.25, 0.3) is 5.91 Å². The summed E-state index contributed by atoms with van der Waals surface area (Å²) in [5.74, 6) is 0.471. The van der Waals surface area contributed by atoms with E-state index in [1.807, 2.05) is 36.1 Å². The second-order valence-electron chi connectivity index (χ2n) is 5.57. The summed E-state index contributed by atoms with van der Waals surface area (Å²) in [4.78, 5) is 14.6. The molecule has 3 rings (SSSR count). The summed E-state index contributed by atoms with van der Waals surface area (Å²) in [6.45, 7) is 3.61. The number of hydrogen-bond acceptors (Lipinski definition) is 2. The molecule has 2 heterocycles. The third-order valence-corrected chi connectivity index (χ3v) is 4.94. The van der Waals surface area contributed by atoms with Gasteiger partial charge in [0.15, 0.2) is 0 Å². The minimum Gasteiger partial charge on any atom is -0.338 e. The van der Waals surface area contributed by atoms with Crippen LogP contribution < -0.4 is 0 Å². The number of aromatic nitrogens is 2.